The van der Waals surface area contributed by atoms with Gasteiger partial charge in [-0.3, -0.25) is 4.68 Å². The summed E-state index contributed by atoms with van der Waals surface area (Å²) in [7, 11) is 1.97. The van der Waals surface area contributed by atoms with E-state index in [1.807, 2.05) is 24.0 Å². The Morgan fingerprint density at radius 3 is 2.79 bits per heavy atom. The highest BCUT2D eigenvalue weighted by Crippen LogP contribution is 2.19. The lowest BCUT2D eigenvalue weighted by Crippen LogP contribution is -1.93. The molecule has 0 amide bonds. The minimum absolute atomic E-state index is 1.08. The van der Waals surface area contributed by atoms with E-state index in [1.54, 1.807) is 0 Å². The molecule has 2 aromatic rings. The first-order chi connectivity index (χ1) is 6.81. The monoisotopic (exact) mass is 186 g/mol. The van der Waals surface area contributed by atoms with Gasteiger partial charge in [-0.15, -0.1) is 0 Å². The first-order valence-corrected chi connectivity index (χ1v) is 4.88. The molecule has 2 nitrogen and oxygen atoms in total. The summed E-state index contributed by atoms with van der Waals surface area (Å²) in [5, 5.41) is 4.17. The molecule has 1 aromatic heterocycles. The lowest BCUT2D eigenvalue weighted by atomic mass is 10.1. The molecule has 0 fully saturated rings. The van der Waals surface area contributed by atoms with Gasteiger partial charge in [-0.05, 0) is 24.1 Å². The number of hydrogen-bond donors (Lipinski definition) is 0. The predicted octanol–water partition coefficient (Wildman–Crippen LogP) is 2.65. The van der Waals surface area contributed by atoms with Gasteiger partial charge in [0.05, 0.1) is 5.69 Å². The van der Waals surface area contributed by atoms with Gasteiger partial charge >= 0.3 is 0 Å². The Morgan fingerprint density at radius 2 is 2.14 bits per heavy atom. The minimum atomic E-state index is 1.08. The van der Waals surface area contributed by atoms with Crippen molar-refractivity contribution in [2.75, 3.05) is 0 Å². The average molecular weight is 186 g/mol. The van der Waals surface area contributed by atoms with Crippen molar-refractivity contribution in [3.05, 3.63) is 42.1 Å². The molecule has 0 unspecified atom stereocenters. The number of aromatic nitrogens is 2. The highest BCUT2D eigenvalue weighted by Gasteiger charge is 2.01. The van der Waals surface area contributed by atoms with Crippen molar-refractivity contribution < 1.29 is 0 Å². The highest BCUT2D eigenvalue weighted by atomic mass is 15.2. The highest BCUT2D eigenvalue weighted by molar-refractivity contribution is 5.60. The van der Waals surface area contributed by atoms with Gasteiger partial charge in [-0.2, -0.15) is 5.10 Å². The molecule has 0 aliphatic heterocycles. The van der Waals surface area contributed by atoms with E-state index in [0.29, 0.717) is 0 Å². The van der Waals surface area contributed by atoms with E-state index in [-0.39, 0.29) is 0 Å². The van der Waals surface area contributed by atoms with E-state index in [2.05, 4.69) is 36.3 Å². The van der Waals surface area contributed by atoms with Crippen molar-refractivity contribution in [2.45, 2.75) is 13.3 Å². The third kappa shape index (κ3) is 1.55. The Labute approximate surface area is 84.2 Å². The van der Waals surface area contributed by atoms with Crippen LogP contribution in [0.3, 0.4) is 0 Å². The molecule has 0 aliphatic rings. The van der Waals surface area contributed by atoms with Crippen LogP contribution in [0.2, 0.25) is 0 Å². The Morgan fingerprint density at radius 1 is 1.29 bits per heavy atom. The van der Waals surface area contributed by atoms with Crippen LogP contribution in [0.4, 0.5) is 0 Å². The number of rotatable bonds is 2. The van der Waals surface area contributed by atoms with E-state index < -0.39 is 0 Å². The van der Waals surface area contributed by atoms with Crippen LogP contribution in [0.15, 0.2) is 36.5 Å². The van der Waals surface area contributed by atoms with Crippen molar-refractivity contribution >= 4 is 0 Å². The van der Waals surface area contributed by atoms with Crippen molar-refractivity contribution in [2.24, 2.45) is 7.05 Å². The lowest BCUT2D eigenvalue weighted by Gasteiger charge is -2.03. The van der Waals surface area contributed by atoms with E-state index in [4.69, 9.17) is 0 Å². The smallest absolute Gasteiger partial charge is 0.0678 e. The molecular weight excluding hydrogens is 172 g/mol. The van der Waals surface area contributed by atoms with E-state index in [9.17, 15) is 0 Å². The largest absolute Gasteiger partial charge is 0.268 e. The number of hydrogen-bond acceptors (Lipinski definition) is 1. The first kappa shape index (κ1) is 9.00. The van der Waals surface area contributed by atoms with Crippen LogP contribution in [0.5, 0.6) is 0 Å². The van der Waals surface area contributed by atoms with Gasteiger partial charge in [0.25, 0.3) is 0 Å². The third-order valence-electron chi connectivity index (χ3n) is 2.45. The molecule has 0 N–H and O–H groups in total. The molecule has 0 atom stereocenters. The van der Waals surface area contributed by atoms with Gasteiger partial charge in [0.1, 0.15) is 0 Å². The second-order valence-electron chi connectivity index (χ2n) is 3.39. The quantitative estimate of drug-likeness (QED) is 0.705. The first-order valence-electron chi connectivity index (χ1n) is 4.88. The summed E-state index contributed by atoms with van der Waals surface area (Å²) in [6.45, 7) is 2.17. The van der Waals surface area contributed by atoms with Crippen LogP contribution in [0, 0.1) is 0 Å². The van der Waals surface area contributed by atoms with Crippen LogP contribution < -0.4 is 0 Å². The summed E-state index contributed by atoms with van der Waals surface area (Å²) in [6.07, 6.45) is 2.90. The Kier molecular flexibility index (Phi) is 2.35. The second-order valence-corrected chi connectivity index (χ2v) is 3.39. The number of benzene rings is 1. The molecule has 0 aliphatic carbocycles. The summed E-state index contributed by atoms with van der Waals surface area (Å²) in [5.74, 6) is 0. The van der Waals surface area contributed by atoms with Gasteiger partial charge in [0.2, 0.25) is 0 Å². The SMILES string of the molecule is CCc1cccc(-c2ccnn2C)c1. The maximum atomic E-state index is 4.17. The lowest BCUT2D eigenvalue weighted by molar-refractivity contribution is 0.776. The number of nitrogens with zero attached hydrogens (tertiary/aromatic N) is 2. The maximum Gasteiger partial charge on any atom is 0.0678 e. The molecule has 2 rings (SSSR count). The van der Waals surface area contributed by atoms with Gasteiger partial charge < -0.3 is 0 Å². The fourth-order valence-corrected chi connectivity index (χ4v) is 1.61. The number of aryl methyl sites for hydroxylation is 2. The normalized spacial score (nSPS) is 10.4. The molecular formula is C12H14N2. The van der Waals surface area contributed by atoms with Crippen molar-refractivity contribution in [3.8, 4) is 11.3 Å². The maximum absolute atomic E-state index is 4.17. The van der Waals surface area contributed by atoms with Crippen LogP contribution in [0.1, 0.15) is 12.5 Å². The predicted molar refractivity (Wildman–Crippen MR) is 58.0 cm³/mol. The third-order valence-corrected chi connectivity index (χ3v) is 2.45. The van der Waals surface area contributed by atoms with Crippen LogP contribution in [0.25, 0.3) is 11.3 Å². The van der Waals surface area contributed by atoms with Gasteiger partial charge in [-0.1, -0.05) is 25.1 Å². The zero-order valence-corrected chi connectivity index (χ0v) is 8.57. The van der Waals surface area contributed by atoms with Crippen molar-refractivity contribution in [1.82, 2.24) is 9.78 Å². The zero-order valence-electron chi connectivity index (χ0n) is 8.57. The molecule has 72 valence electrons. The zero-order chi connectivity index (χ0) is 9.97. The summed E-state index contributed by atoms with van der Waals surface area (Å²) in [4.78, 5) is 0. The van der Waals surface area contributed by atoms with E-state index in [1.165, 1.54) is 16.8 Å². The van der Waals surface area contributed by atoms with Gasteiger partial charge in [0.15, 0.2) is 0 Å². The van der Waals surface area contributed by atoms with Crippen LogP contribution >= 0.6 is 0 Å². The summed E-state index contributed by atoms with van der Waals surface area (Å²) in [6, 6.07) is 10.6. The molecule has 1 aromatic carbocycles. The summed E-state index contributed by atoms with van der Waals surface area (Å²) < 4.78 is 1.90. The summed E-state index contributed by atoms with van der Waals surface area (Å²) in [5.41, 5.74) is 3.77. The van der Waals surface area contributed by atoms with E-state index in [0.717, 1.165) is 6.42 Å². The summed E-state index contributed by atoms with van der Waals surface area (Å²) >= 11 is 0. The van der Waals surface area contributed by atoms with Crippen LogP contribution in [-0.2, 0) is 13.5 Å². The molecule has 0 bridgehead atoms. The molecule has 0 spiro atoms. The van der Waals surface area contributed by atoms with E-state index >= 15 is 0 Å². The fourth-order valence-electron chi connectivity index (χ4n) is 1.61. The Hall–Kier alpha value is -1.57. The molecule has 0 radical (unpaired) electrons. The molecule has 2 heteroatoms. The van der Waals surface area contributed by atoms with Gasteiger partial charge in [0, 0.05) is 18.8 Å². The minimum Gasteiger partial charge on any atom is -0.268 e. The standard InChI is InChI=1S/C12H14N2/c1-3-10-5-4-6-11(9-10)12-7-8-13-14(12)2/h4-9H,3H2,1-2H3. The van der Waals surface area contributed by atoms with Crippen molar-refractivity contribution in [3.63, 3.8) is 0 Å². The Bertz CT molecular complexity index is 429. The molecule has 1 heterocycles. The average Bonchev–Trinajstić information content (AvgIpc) is 2.65. The molecule has 0 saturated carbocycles. The fraction of sp³-hybridized carbons (Fsp3) is 0.250. The molecule has 14 heavy (non-hydrogen) atoms. The topological polar surface area (TPSA) is 17.8 Å². The second kappa shape index (κ2) is 3.66. The Balaban J connectivity index is 2.47. The van der Waals surface area contributed by atoms with Gasteiger partial charge in [-0.25, -0.2) is 0 Å². The van der Waals surface area contributed by atoms with Crippen LogP contribution in [-0.4, -0.2) is 9.78 Å². The van der Waals surface area contributed by atoms with Crippen molar-refractivity contribution in [1.29, 1.82) is 0 Å². The molecule has 0 saturated heterocycles.